The van der Waals surface area contributed by atoms with Gasteiger partial charge in [-0.3, -0.25) is 0 Å². The first-order valence-electron chi connectivity index (χ1n) is 6.99. The molecular weight excluding hydrogens is 256 g/mol. The summed E-state index contributed by atoms with van der Waals surface area (Å²) in [7, 11) is 0. The summed E-state index contributed by atoms with van der Waals surface area (Å²) in [5, 5.41) is 9.91. The Balaban J connectivity index is 1.93. The van der Waals surface area contributed by atoms with Crippen LogP contribution in [0.4, 0.5) is 4.79 Å². The molecule has 110 valence electrons. The van der Waals surface area contributed by atoms with Gasteiger partial charge in [-0.25, -0.2) is 4.79 Å². The van der Waals surface area contributed by atoms with Gasteiger partial charge in [0.1, 0.15) is 6.61 Å². The Labute approximate surface area is 119 Å². The van der Waals surface area contributed by atoms with Crippen LogP contribution in [-0.2, 0) is 11.3 Å². The summed E-state index contributed by atoms with van der Waals surface area (Å²) in [6, 6.07) is 9.29. The predicted molar refractivity (Wildman–Crippen MR) is 76.0 cm³/mol. The average Bonchev–Trinajstić information content (AvgIpc) is 2.59. The summed E-state index contributed by atoms with van der Waals surface area (Å²) in [5.74, 6) is 0. The van der Waals surface area contributed by atoms with Crippen molar-refractivity contribution in [2.24, 2.45) is 5.73 Å². The number of nitrogens with two attached hydrogens (primary N) is 1. The molecule has 1 heterocycles. The standard InChI is InChI=1S/C15H22N2O3/c1-11-7-8-13(16)14(18)9-17(11)15(19)20-10-12-5-3-2-4-6-12/h2-6,11,13-14,18H,7-10,16H2,1H3/t11-,13?,14-/m1/s1. The third-order valence-electron chi connectivity index (χ3n) is 3.77. The highest BCUT2D eigenvalue weighted by molar-refractivity contribution is 5.68. The van der Waals surface area contributed by atoms with Gasteiger partial charge in [-0.05, 0) is 25.3 Å². The third-order valence-corrected chi connectivity index (χ3v) is 3.77. The molecule has 0 aromatic heterocycles. The summed E-state index contributed by atoms with van der Waals surface area (Å²) >= 11 is 0. The number of benzene rings is 1. The average molecular weight is 278 g/mol. The zero-order valence-electron chi connectivity index (χ0n) is 11.7. The number of aliphatic hydroxyl groups excluding tert-OH is 1. The molecule has 1 aromatic carbocycles. The van der Waals surface area contributed by atoms with Crippen molar-refractivity contribution in [3.05, 3.63) is 35.9 Å². The van der Waals surface area contributed by atoms with Crippen LogP contribution in [0.25, 0.3) is 0 Å². The number of likely N-dealkylation sites (tertiary alicyclic amines) is 1. The molecule has 1 aromatic rings. The lowest BCUT2D eigenvalue weighted by atomic mass is 10.1. The lowest BCUT2D eigenvalue weighted by molar-refractivity contribution is 0.0582. The first-order valence-corrected chi connectivity index (χ1v) is 6.99. The summed E-state index contributed by atoms with van der Waals surface area (Å²) in [6.45, 7) is 2.43. The first-order chi connectivity index (χ1) is 9.58. The number of hydrogen-bond acceptors (Lipinski definition) is 4. The fraction of sp³-hybridized carbons (Fsp3) is 0.533. The highest BCUT2D eigenvalue weighted by Crippen LogP contribution is 2.17. The van der Waals surface area contributed by atoms with Gasteiger partial charge in [-0.15, -0.1) is 0 Å². The summed E-state index contributed by atoms with van der Waals surface area (Å²) in [5.41, 5.74) is 6.78. The van der Waals surface area contributed by atoms with E-state index in [0.29, 0.717) is 6.42 Å². The van der Waals surface area contributed by atoms with Gasteiger partial charge in [-0.1, -0.05) is 30.3 Å². The molecule has 0 aliphatic carbocycles. The van der Waals surface area contributed by atoms with Crippen molar-refractivity contribution < 1.29 is 14.6 Å². The van der Waals surface area contributed by atoms with Crippen molar-refractivity contribution in [3.63, 3.8) is 0 Å². The second-order valence-corrected chi connectivity index (χ2v) is 5.35. The topological polar surface area (TPSA) is 75.8 Å². The largest absolute Gasteiger partial charge is 0.445 e. The van der Waals surface area contributed by atoms with Gasteiger partial charge in [0.05, 0.1) is 12.6 Å². The molecule has 1 fully saturated rings. The molecule has 1 aliphatic heterocycles. The number of ether oxygens (including phenoxy) is 1. The lowest BCUT2D eigenvalue weighted by Gasteiger charge is -2.27. The van der Waals surface area contributed by atoms with E-state index < -0.39 is 12.2 Å². The molecular formula is C15H22N2O3. The molecule has 1 saturated heterocycles. The van der Waals surface area contributed by atoms with Crippen molar-refractivity contribution >= 4 is 6.09 Å². The number of amides is 1. The number of nitrogens with zero attached hydrogens (tertiary/aromatic N) is 1. The van der Waals surface area contributed by atoms with E-state index in [1.165, 1.54) is 0 Å². The molecule has 1 amide bonds. The fourth-order valence-electron chi connectivity index (χ4n) is 2.36. The van der Waals surface area contributed by atoms with E-state index in [2.05, 4.69) is 0 Å². The Kier molecular flexibility index (Phi) is 4.98. The Morgan fingerprint density at radius 2 is 2.10 bits per heavy atom. The minimum absolute atomic E-state index is 0.0291. The molecule has 5 nitrogen and oxygen atoms in total. The first kappa shape index (κ1) is 14.8. The van der Waals surface area contributed by atoms with Gasteiger partial charge < -0.3 is 20.5 Å². The van der Waals surface area contributed by atoms with Crippen molar-refractivity contribution in [2.45, 2.75) is 44.6 Å². The van der Waals surface area contributed by atoms with E-state index in [4.69, 9.17) is 10.5 Å². The smallest absolute Gasteiger partial charge is 0.410 e. The maximum atomic E-state index is 12.1. The second kappa shape index (κ2) is 6.72. The molecule has 0 radical (unpaired) electrons. The van der Waals surface area contributed by atoms with E-state index in [1.54, 1.807) is 4.90 Å². The van der Waals surface area contributed by atoms with Crippen molar-refractivity contribution in [3.8, 4) is 0 Å². The van der Waals surface area contributed by atoms with Crippen LogP contribution in [-0.4, -0.2) is 40.8 Å². The molecule has 3 atom stereocenters. The molecule has 0 spiro atoms. The number of hydrogen-bond donors (Lipinski definition) is 2. The second-order valence-electron chi connectivity index (χ2n) is 5.35. The normalized spacial score (nSPS) is 26.9. The van der Waals surface area contributed by atoms with Crippen LogP contribution in [0.2, 0.25) is 0 Å². The summed E-state index contributed by atoms with van der Waals surface area (Å²) in [6.07, 6.45) is 0.405. The van der Waals surface area contributed by atoms with E-state index in [0.717, 1.165) is 12.0 Å². The van der Waals surface area contributed by atoms with Crippen molar-refractivity contribution in [1.82, 2.24) is 4.90 Å². The Bertz CT molecular complexity index is 438. The lowest BCUT2D eigenvalue weighted by Crippen LogP contribution is -2.45. The van der Waals surface area contributed by atoms with Crippen LogP contribution in [0, 0.1) is 0 Å². The number of rotatable bonds is 2. The molecule has 1 aliphatic rings. The van der Waals surface area contributed by atoms with E-state index in [-0.39, 0.29) is 25.2 Å². The zero-order chi connectivity index (χ0) is 14.5. The Morgan fingerprint density at radius 1 is 1.40 bits per heavy atom. The van der Waals surface area contributed by atoms with Crippen molar-refractivity contribution in [2.75, 3.05) is 6.54 Å². The van der Waals surface area contributed by atoms with Gasteiger partial charge in [0, 0.05) is 12.1 Å². The monoisotopic (exact) mass is 278 g/mol. The van der Waals surface area contributed by atoms with Gasteiger partial charge in [0.2, 0.25) is 0 Å². The van der Waals surface area contributed by atoms with Crippen LogP contribution in [0.15, 0.2) is 30.3 Å². The van der Waals surface area contributed by atoms with E-state index in [9.17, 15) is 9.90 Å². The quantitative estimate of drug-likeness (QED) is 0.859. The van der Waals surface area contributed by atoms with Gasteiger partial charge in [0.15, 0.2) is 0 Å². The molecule has 5 heteroatoms. The Morgan fingerprint density at radius 3 is 2.80 bits per heavy atom. The van der Waals surface area contributed by atoms with E-state index in [1.807, 2.05) is 37.3 Å². The maximum Gasteiger partial charge on any atom is 0.410 e. The van der Waals surface area contributed by atoms with Crippen molar-refractivity contribution in [1.29, 1.82) is 0 Å². The summed E-state index contributed by atoms with van der Waals surface area (Å²) in [4.78, 5) is 13.7. The highest BCUT2D eigenvalue weighted by atomic mass is 16.6. The molecule has 1 unspecified atom stereocenters. The highest BCUT2D eigenvalue weighted by Gasteiger charge is 2.30. The molecule has 3 N–H and O–H groups in total. The zero-order valence-corrected chi connectivity index (χ0v) is 11.7. The molecule has 20 heavy (non-hydrogen) atoms. The fourth-order valence-corrected chi connectivity index (χ4v) is 2.36. The van der Waals surface area contributed by atoms with Crippen LogP contribution in [0.5, 0.6) is 0 Å². The van der Waals surface area contributed by atoms with Crippen LogP contribution >= 0.6 is 0 Å². The molecule has 2 rings (SSSR count). The molecule has 0 bridgehead atoms. The van der Waals surface area contributed by atoms with Crippen LogP contribution in [0.1, 0.15) is 25.3 Å². The third kappa shape index (κ3) is 3.71. The minimum Gasteiger partial charge on any atom is -0.445 e. The number of carbonyl (C=O) groups is 1. The van der Waals surface area contributed by atoms with Crippen LogP contribution in [0.3, 0.4) is 0 Å². The molecule has 0 saturated carbocycles. The number of β-amino-alcohol motifs (C(OH)–C–C–N with tert-alkyl or cyclic N) is 1. The number of carbonyl (C=O) groups excluding carboxylic acids is 1. The SMILES string of the molecule is C[C@@H]1CCC(N)[C@H](O)CN1C(=O)OCc1ccccc1. The maximum absolute atomic E-state index is 12.1. The predicted octanol–water partition coefficient (Wildman–Crippen LogP) is 1.50. The summed E-state index contributed by atoms with van der Waals surface area (Å²) < 4.78 is 5.31. The van der Waals surface area contributed by atoms with Gasteiger partial charge in [0.25, 0.3) is 0 Å². The van der Waals surface area contributed by atoms with Gasteiger partial charge in [-0.2, -0.15) is 0 Å². The minimum atomic E-state index is -0.691. The van der Waals surface area contributed by atoms with Crippen LogP contribution < -0.4 is 5.73 Å². The van der Waals surface area contributed by atoms with Gasteiger partial charge >= 0.3 is 6.09 Å². The Hall–Kier alpha value is -1.59. The number of aliphatic hydroxyl groups is 1. The van der Waals surface area contributed by atoms with E-state index >= 15 is 0 Å².